The third-order valence-corrected chi connectivity index (χ3v) is 6.60. The number of rotatable bonds is 8. The highest BCUT2D eigenvalue weighted by atomic mass is 16.6. The Morgan fingerprint density at radius 1 is 1.00 bits per heavy atom. The Morgan fingerprint density at radius 2 is 1.83 bits per heavy atom. The summed E-state index contributed by atoms with van der Waals surface area (Å²) >= 11 is 0. The molecule has 0 radical (unpaired) electrons. The molecule has 1 fully saturated rings. The van der Waals surface area contributed by atoms with Crippen LogP contribution in [-0.4, -0.2) is 56.0 Å². The van der Waals surface area contributed by atoms with Crippen molar-refractivity contribution in [2.45, 2.75) is 45.1 Å². The average Bonchev–Trinajstić information content (AvgIpc) is 3.56. The summed E-state index contributed by atoms with van der Waals surface area (Å²) in [6.07, 6.45) is 2.21. The summed E-state index contributed by atoms with van der Waals surface area (Å²) < 4.78 is 19.0. The van der Waals surface area contributed by atoms with Crippen LogP contribution < -0.4 is 15.0 Å². The molecule has 2 aliphatic heterocycles. The molecule has 2 aromatic carbocycles. The van der Waals surface area contributed by atoms with E-state index in [-0.39, 0.29) is 11.7 Å². The fraction of sp³-hybridized carbons (Fsp3) is 0.385. The van der Waals surface area contributed by atoms with E-state index in [1.54, 1.807) is 0 Å². The van der Waals surface area contributed by atoms with Gasteiger partial charge in [-0.1, -0.05) is 30.3 Å². The quantitative estimate of drug-likeness (QED) is 0.403. The SMILES string of the molecule is O=c1[nH]c2cc3c(cc2cc1CN(Cc1ccccc1)Cc1nnnn1CC1CCCO1)OCCO3. The molecule has 0 aliphatic carbocycles. The first-order valence-electron chi connectivity index (χ1n) is 12.3. The number of fused-ring (bicyclic) bond motifs is 2. The molecule has 1 N–H and O–H groups in total. The van der Waals surface area contributed by atoms with Crippen LogP contribution >= 0.6 is 0 Å². The monoisotopic (exact) mass is 488 g/mol. The molecule has 36 heavy (non-hydrogen) atoms. The van der Waals surface area contributed by atoms with E-state index in [1.807, 2.05) is 41.1 Å². The zero-order chi connectivity index (χ0) is 24.3. The molecule has 10 heteroatoms. The maximum Gasteiger partial charge on any atom is 0.252 e. The second kappa shape index (κ2) is 10.1. The van der Waals surface area contributed by atoms with Crippen molar-refractivity contribution in [3.05, 3.63) is 75.8 Å². The van der Waals surface area contributed by atoms with Gasteiger partial charge in [-0.25, -0.2) is 4.68 Å². The Balaban J connectivity index is 1.28. The van der Waals surface area contributed by atoms with Gasteiger partial charge in [0.25, 0.3) is 5.56 Å². The zero-order valence-corrected chi connectivity index (χ0v) is 19.9. The number of tetrazole rings is 1. The lowest BCUT2D eigenvalue weighted by Crippen LogP contribution is -2.29. The normalized spacial score (nSPS) is 17.2. The van der Waals surface area contributed by atoms with Crippen molar-refractivity contribution in [1.29, 1.82) is 0 Å². The van der Waals surface area contributed by atoms with Crippen LogP contribution in [0, 0.1) is 0 Å². The van der Waals surface area contributed by atoms with E-state index in [4.69, 9.17) is 14.2 Å². The summed E-state index contributed by atoms with van der Waals surface area (Å²) in [6.45, 7) is 4.00. The number of aromatic nitrogens is 5. The lowest BCUT2D eigenvalue weighted by atomic mass is 10.1. The second-order valence-corrected chi connectivity index (χ2v) is 9.25. The maximum atomic E-state index is 13.1. The number of pyridine rings is 1. The molecule has 10 nitrogen and oxygen atoms in total. The molecule has 0 spiro atoms. The fourth-order valence-electron chi connectivity index (χ4n) is 4.82. The smallest absolute Gasteiger partial charge is 0.252 e. The van der Waals surface area contributed by atoms with Gasteiger partial charge in [0.05, 0.1) is 24.7 Å². The summed E-state index contributed by atoms with van der Waals surface area (Å²) in [6, 6.07) is 15.9. The topological polar surface area (TPSA) is 107 Å². The number of H-pyrrole nitrogens is 1. The van der Waals surface area contributed by atoms with Crippen LogP contribution in [0.4, 0.5) is 0 Å². The number of hydrogen-bond donors (Lipinski definition) is 1. The highest BCUT2D eigenvalue weighted by Crippen LogP contribution is 2.33. The number of hydrogen-bond acceptors (Lipinski definition) is 8. The van der Waals surface area contributed by atoms with Crippen molar-refractivity contribution in [3.63, 3.8) is 0 Å². The van der Waals surface area contributed by atoms with Crippen molar-refractivity contribution in [3.8, 4) is 11.5 Å². The van der Waals surface area contributed by atoms with E-state index in [2.05, 4.69) is 37.5 Å². The molecular weight excluding hydrogens is 460 g/mol. The molecule has 0 bridgehead atoms. The molecular formula is C26H28N6O4. The van der Waals surface area contributed by atoms with Crippen LogP contribution in [0.3, 0.4) is 0 Å². The Kier molecular flexibility index (Phi) is 6.35. The summed E-state index contributed by atoms with van der Waals surface area (Å²) in [4.78, 5) is 18.3. The molecule has 1 saturated heterocycles. The summed E-state index contributed by atoms with van der Waals surface area (Å²) in [5, 5.41) is 13.3. The zero-order valence-electron chi connectivity index (χ0n) is 19.9. The van der Waals surface area contributed by atoms with Crippen molar-refractivity contribution >= 4 is 10.9 Å². The first-order chi connectivity index (χ1) is 17.7. The van der Waals surface area contributed by atoms with E-state index in [9.17, 15) is 4.79 Å². The van der Waals surface area contributed by atoms with Crippen molar-refractivity contribution in [2.24, 2.45) is 0 Å². The van der Waals surface area contributed by atoms with E-state index >= 15 is 0 Å². The van der Waals surface area contributed by atoms with E-state index in [0.717, 1.165) is 41.7 Å². The minimum absolute atomic E-state index is 0.129. The molecule has 2 aromatic heterocycles. The Hall–Kier alpha value is -3.76. The second-order valence-electron chi connectivity index (χ2n) is 9.25. The number of benzene rings is 2. The Labute approximate surface area is 207 Å². The van der Waals surface area contributed by atoms with Crippen LogP contribution in [0.2, 0.25) is 0 Å². The van der Waals surface area contributed by atoms with Gasteiger partial charge in [0.2, 0.25) is 0 Å². The van der Waals surface area contributed by atoms with Crippen LogP contribution in [-0.2, 0) is 30.9 Å². The first kappa shape index (κ1) is 22.7. The van der Waals surface area contributed by atoms with Gasteiger partial charge in [-0.15, -0.1) is 5.10 Å². The van der Waals surface area contributed by atoms with Gasteiger partial charge in [0.1, 0.15) is 13.2 Å². The minimum Gasteiger partial charge on any atom is -0.486 e. The van der Waals surface area contributed by atoms with Crippen molar-refractivity contribution in [1.82, 2.24) is 30.1 Å². The predicted octanol–water partition coefficient (Wildman–Crippen LogP) is 2.67. The van der Waals surface area contributed by atoms with Crippen LogP contribution in [0.1, 0.15) is 29.8 Å². The van der Waals surface area contributed by atoms with Crippen LogP contribution in [0.25, 0.3) is 10.9 Å². The molecule has 1 unspecified atom stereocenters. The summed E-state index contributed by atoms with van der Waals surface area (Å²) in [5.41, 5.74) is 2.40. The van der Waals surface area contributed by atoms with Gasteiger partial charge in [-0.05, 0) is 41.0 Å². The van der Waals surface area contributed by atoms with Crippen LogP contribution in [0.5, 0.6) is 11.5 Å². The predicted molar refractivity (Wildman–Crippen MR) is 132 cm³/mol. The highest BCUT2D eigenvalue weighted by molar-refractivity contribution is 5.83. The number of aromatic amines is 1. The highest BCUT2D eigenvalue weighted by Gasteiger charge is 2.21. The molecule has 1 atom stereocenters. The third-order valence-electron chi connectivity index (χ3n) is 6.60. The minimum atomic E-state index is -0.129. The molecule has 4 heterocycles. The molecule has 6 rings (SSSR count). The molecule has 4 aromatic rings. The van der Waals surface area contributed by atoms with Gasteiger partial charge in [0, 0.05) is 36.7 Å². The lowest BCUT2D eigenvalue weighted by Gasteiger charge is -2.23. The van der Waals surface area contributed by atoms with Crippen molar-refractivity contribution in [2.75, 3.05) is 19.8 Å². The third kappa shape index (κ3) is 4.95. The average molecular weight is 489 g/mol. The molecule has 2 aliphatic rings. The summed E-state index contributed by atoms with van der Waals surface area (Å²) in [5.74, 6) is 2.10. The number of nitrogens with one attached hydrogen (secondary N) is 1. The van der Waals surface area contributed by atoms with E-state index in [1.165, 1.54) is 0 Å². The standard InChI is InChI=1S/C26H28N6O4/c33-26-20(11-19-12-23-24(13-22(19)27-26)36-10-9-35-23)15-31(14-18-5-2-1-3-6-18)17-25-28-29-30-32(25)16-21-7-4-8-34-21/h1-3,5-6,11-13,21H,4,7-10,14-17H2,(H,27,33). The van der Waals surface area contributed by atoms with Gasteiger partial charge in [-0.3, -0.25) is 9.69 Å². The molecule has 0 amide bonds. The van der Waals surface area contributed by atoms with Gasteiger partial charge in [-0.2, -0.15) is 0 Å². The van der Waals surface area contributed by atoms with E-state index in [0.29, 0.717) is 56.5 Å². The Morgan fingerprint density at radius 3 is 2.64 bits per heavy atom. The number of nitrogens with zero attached hydrogens (tertiary/aromatic N) is 5. The maximum absolute atomic E-state index is 13.1. The summed E-state index contributed by atoms with van der Waals surface area (Å²) in [7, 11) is 0. The molecule has 186 valence electrons. The van der Waals surface area contributed by atoms with Crippen molar-refractivity contribution < 1.29 is 14.2 Å². The molecule has 0 saturated carbocycles. The van der Waals surface area contributed by atoms with Gasteiger partial charge >= 0.3 is 0 Å². The largest absolute Gasteiger partial charge is 0.486 e. The van der Waals surface area contributed by atoms with E-state index < -0.39 is 0 Å². The van der Waals surface area contributed by atoms with Crippen LogP contribution in [0.15, 0.2) is 53.3 Å². The Bertz CT molecular complexity index is 1400. The lowest BCUT2D eigenvalue weighted by molar-refractivity contribution is 0.0914. The number of ether oxygens (including phenoxy) is 3. The fourth-order valence-corrected chi connectivity index (χ4v) is 4.82. The van der Waals surface area contributed by atoms with Gasteiger partial charge in [0.15, 0.2) is 17.3 Å². The first-order valence-corrected chi connectivity index (χ1v) is 12.3. The van der Waals surface area contributed by atoms with Gasteiger partial charge < -0.3 is 19.2 Å².